The molecule has 3 aromatic heterocycles. The predicted molar refractivity (Wildman–Crippen MR) is 124 cm³/mol. The number of hydrogen-bond acceptors (Lipinski definition) is 8. The van der Waals surface area contributed by atoms with Gasteiger partial charge in [0.1, 0.15) is 22.7 Å². The number of anilines is 1. The lowest BCUT2D eigenvalue weighted by atomic mass is 10.1. The van der Waals surface area contributed by atoms with Gasteiger partial charge in [-0.25, -0.2) is 23.5 Å². The number of pyridine rings is 2. The van der Waals surface area contributed by atoms with E-state index >= 15 is 0 Å². The Labute approximate surface area is 198 Å². The topological polar surface area (TPSA) is 117 Å². The Kier molecular flexibility index (Phi) is 6.38. The van der Waals surface area contributed by atoms with Crippen LogP contribution in [0.1, 0.15) is 18.7 Å². The lowest BCUT2D eigenvalue weighted by Crippen LogP contribution is -2.43. The summed E-state index contributed by atoms with van der Waals surface area (Å²) in [4.78, 5) is 33.6. The highest BCUT2D eigenvalue weighted by Crippen LogP contribution is 2.23. The summed E-state index contributed by atoms with van der Waals surface area (Å²) < 4.78 is 32.4. The quantitative estimate of drug-likeness (QED) is 0.382. The second-order valence-corrected chi connectivity index (χ2v) is 8.14. The van der Waals surface area contributed by atoms with E-state index in [0.717, 1.165) is 18.9 Å². The molecule has 5 rings (SSSR count). The van der Waals surface area contributed by atoms with Gasteiger partial charge >= 0.3 is 6.09 Å². The van der Waals surface area contributed by atoms with Crippen LogP contribution in [0.4, 0.5) is 19.3 Å². The number of nitrogens with one attached hydrogen (secondary N) is 3. The summed E-state index contributed by atoms with van der Waals surface area (Å²) in [6, 6.07) is 7.30. The lowest BCUT2D eigenvalue weighted by molar-refractivity contribution is -0.109. The molecule has 0 atom stereocenters. The highest BCUT2D eigenvalue weighted by atomic mass is 19.1. The van der Waals surface area contributed by atoms with E-state index in [1.807, 2.05) is 0 Å². The van der Waals surface area contributed by atoms with Gasteiger partial charge in [0.05, 0.1) is 30.4 Å². The minimum Gasteiger partial charge on any atom is -0.481 e. The molecule has 4 heterocycles. The number of halogens is 2. The number of piperidine rings is 1. The average Bonchev–Trinajstić information content (AvgIpc) is 3.27. The Morgan fingerprint density at radius 1 is 1.17 bits per heavy atom. The van der Waals surface area contributed by atoms with Crippen LogP contribution in [-0.2, 0) is 11.4 Å². The first-order valence-electron chi connectivity index (χ1n) is 11.1. The Hall–Kier alpha value is -3.90. The number of aromatic nitrogens is 4. The summed E-state index contributed by atoms with van der Waals surface area (Å²) in [6.07, 6.45) is 2.42. The van der Waals surface area contributed by atoms with Crippen LogP contribution in [-0.4, -0.2) is 57.3 Å². The molecule has 1 saturated heterocycles. The third-order valence-electron chi connectivity index (χ3n) is 5.78. The molecule has 0 spiro atoms. The van der Waals surface area contributed by atoms with Crippen molar-refractivity contribution in [3.63, 3.8) is 0 Å². The van der Waals surface area contributed by atoms with Crippen molar-refractivity contribution >= 4 is 33.8 Å². The van der Waals surface area contributed by atoms with E-state index in [2.05, 4.69) is 30.6 Å². The number of carbonyl (C=O) groups excluding carboxylic acids is 1. The van der Waals surface area contributed by atoms with Gasteiger partial charge in [-0.1, -0.05) is 0 Å². The third-order valence-corrected chi connectivity index (χ3v) is 5.78. The molecule has 0 aliphatic carbocycles. The maximum absolute atomic E-state index is 13.8. The average molecular weight is 483 g/mol. The molecule has 182 valence electrons. The molecule has 0 unspecified atom stereocenters. The van der Waals surface area contributed by atoms with Crippen LogP contribution in [0.2, 0.25) is 0 Å². The molecule has 35 heavy (non-hydrogen) atoms. The Morgan fingerprint density at radius 2 is 2.00 bits per heavy atom. The summed E-state index contributed by atoms with van der Waals surface area (Å²) in [5.74, 6) is -0.405. The maximum atomic E-state index is 13.8. The van der Waals surface area contributed by atoms with Crippen LogP contribution >= 0.6 is 0 Å². The molecule has 3 N–H and O–H groups in total. The second-order valence-electron chi connectivity index (χ2n) is 8.14. The number of benzene rings is 1. The summed E-state index contributed by atoms with van der Waals surface area (Å²) in [6.45, 7) is 1.45. The summed E-state index contributed by atoms with van der Waals surface area (Å²) in [5.41, 5.74) is 2.03. The van der Waals surface area contributed by atoms with Gasteiger partial charge in [-0.2, -0.15) is 0 Å². The summed E-state index contributed by atoms with van der Waals surface area (Å²) in [5, 5.41) is 7.68. The van der Waals surface area contributed by atoms with Gasteiger partial charge in [0.2, 0.25) is 5.88 Å². The van der Waals surface area contributed by atoms with Crippen molar-refractivity contribution in [3.05, 3.63) is 54.0 Å². The number of H-pyrrole nitrogens is 1. The molecule has 1 aromatic carbocycles. The number of ether oxygens (including phenoxy) is 1. The van der Waals surface area contributed by atoms with Crippen molar-refractivity contribution < 1.29 is 23.1 Å². The summed E-state index contributed by atoms with van der Waals surface area (Å²) >= 11 is 0. The van der Waals surface area contributed by atoms with Crippen LogP contribution in [0.3, 0.4) is 0 Å². The fourth-order valence-corrected chi connectivity index (χ4v) is 4.04. The minimum absolute atomic E-state index is 0.119. The molecule has 0 radical (unpaired) electrons. The molecule has 4 aromatic rings. The smallest absolute Gasteiger partial charge is 0.430 e. The molecule has 0 bridgehead atoms. The number of hydroxylamine groups is 2. The van der Waals surface area contributed by atoms with Gasteiger partial charge in [-0.05, 0) is 31.0 Å². The first-order valence-corrected chi connectivity index (χ1v) is 11.1. The van der Waals surface area contributed by atoms with Crippen LogP contribution in [0.5, 0.6) is 5.88 Å². The number of carbonyl (C=O) groups is 1. The van der Waals surface area contributed by atoms with Gasteiger partial charge in [0.25, 0.3) is 0 Å². The number of aromatic amines is 1. The number of fused-ring (bicyclic) bond motifs is 2. The number of nitrogens with zero attached hydrogens (tertiary/aromatic N) is 4. The minimum atomic E-state index is -0.694. The molecule has 12 heteroatoms. The Bertz CT molecular complexity index is 1370. The van der Waals surface area contributed by atoms with E-state index < -0.39 is 17.7 Å². The zero-order valence-corrected chi connectivity index (χ0v) is 18.8. The molecule has 1 aliphatic rings. The van der Waals surface area contributed by atoms with Gasteiger partial charge in [0.15, 0.2) is 5.82 Å². The highest BCUT2D eigenvalue weighted by molar-refractivity contribution is 5.96. The summed E-state index contributed by atoms with van der Waals surface area (Å²) in [7, 11) is 1.52. The predicted octanol–water partition coefficient (Wildman–Crippen LogP) is 3.51. The Balaban J connectivity index is 1.12. The van der Waals surface area contributed by atoms with Gasteiger partial charge < -0.3 is 19.9 Å². The van der Waals surface area contributed by atoms with E-state index in [1.165, 1.54) is 13.2 Å². The van der Waals surface area contributed by atoms with E-state index in [4.69, 9.17) is 9.57 Å². The highest BCUT2D eigenvalue weighted by Gasteiger charge is 2.22. The third kappa shape index (κ3) is 5.12. The standard InChI is InChI=1S/C23H23F2N7O3/c1-34-20-3-2-16-22(31-20)17(4-7-26-16)29-23(33)35-32-8-5-14(6-9-32)27-12-19-28-18-11-13(24)10-15(25)21(18)30-19/h2-4,7,10-11,14,27H,5-6,8-9,12H2,1H3,(H,28,30)(H,26,29,33). The normalized spacial score (nSPS) is 14.9. The molecule has 0 saturated carbocycles. The maximum Gasteiger partial charge on any atom is 0.430 e. The largest absolute Gasteiger partial charge is 0.481 e. The zero-order valence-electron chi connectivity index (χ0n) is 18.8. The first kappa shape index (κ1) is 22.9. The van der Waals surface area contributed by atoms with E-state index in [-0.39, 0.29) is 11.6 Å². The number of amides is 1. The van der Waals surface area contributed by atoms with Crippen molar-refractivity contribution in [3.8, 4) is 5.88 Å². The molecule has 1 fully saturated rings. The van der Waals surface area contributed by atoms with Crippen LogP contribution < -0.4 is 15.4 Å². The molecular formula is C23H23F2N7O3. The van der Waals surface area contributed by atoms with E-state index in [1.54, 1.807) is 29.5 Å². The fourth-order valence-electron chi connectivity index (χ4n) is 4.04. The molecule has 10 nitrogen and oxygen atoms in total. The zero-order chi connectivity index (χ0) is 24.4. The van der Waals surface area contributed by atoms with Gasteiger partial charge in [-0.3, -0.25) is 10.3 Å². The molecule has 1 aliphatic heterocycles. The monoisotopic (exact) mass is 483 g/mol. The number of methoxy groups -OCH3 is 1. The number of imidazole rings is 1. The SMILES string of the molecule is COc1ccc2nccc(NC(=O)ON3CCC(NCc4nc5c(F)cc(F)cc5[nH]4)CC3)c2n1. The molecular weight excluding hydrogens is 460 g/mol. The van der Waals surface area contributed by atoms with Crippen LogP contribution in [0, 0.1) is 11.6 Å². The van der Waals surface area contributed by atoms with Crippen LogP contribution in [0.25, 0.3) is 22.1 Å². The van der Waals surface area contributed by atoms with Gasteiger partial charge in [-0.15, -0.1) is 5.06 Å². The van der Waals surface area contributed by atoms with E-state index in [9.17, 15) is 13.6 Å². The van der Waals surface area contributed by atoms with Crippen molar-refractivity contribution in [1.82, 2.24) is 30.3 Å². The second kappa shape index (κ2) is 9.76. The van der Waals surface area contributed by atoms with Crippen molar-refractivity contribution in [2.45, 2.75) is 25.4 Å². The molecule has 1 amide bonds. The van der Waals surface area contributed by atoms with Crippen LogP contribution in [0.15, 0.2) is 36.5 Å². The van der Waals surface area contributed by atoms with Gasteiger partial charge in [0, 0.05) is 37.5 Å². The van der Waals surface area contributed by atoms with Crippen molar-refractivity contribution in [2.24, 2.45) is 0 Å². The first-order chi connectivity index (χ1) is 17.0. The Morgan fingerprint density at radius 3 is 2.80 bits per heavy atom. The van der Waals surface area contributed by atoms with E-state index in [0.29, 0.717) is 53.6 Å². The lowest BCUT2D eigenvalue weighted by Gasteiger charge is -2.30. The number of hydrogen-bond donors (Lipinski definition) is 3. The number of rotatable bonds is 6. The van der Waals surface area contributed by atoms with Crippen molar-refractivity contribution in [1.29, 1.82) is 0 Å². The van der Waals surface area contributed by atoms with Crippen molar-refractivity contribution in [2.75, 3.05) is 25.5 Å². The fraction of sp³-hybridized carbons (Fsp3) is 0.304.